The van der Waals surface area contributed by atoms with Crippen LogP contribution in [0.1, 0.15) is 12.8 Å². The van der Waals surface area contributed by atoms with Gasteiger partial charge in [-0.25, -0.2) is 23.5 Å². The van der Waals surface area contributed by atoms with E-state index in [0.29, 0.717) is 32.9 Å². The molecule has 0 bridgehead atoms. The predicted molar refractivity (Wildman–Crippen MR) is 119 cm³/mol. The molecular weight excluding hydrogens is 478 g/mol. The van der Waals surface area contributed by atoms with Gasteiger partial charge in [-0.1, -0.05) is 22.9 Å². The standard InChI is InChI=1S/C18H16ClN7O4S2/c19-12-5-10(30-8-32(20,28)29)3-4-11(12)13-6-21-7-26(13)16-14-15(24-25-16)22-18(31-14)23-17(27)9-1-2-9/h3-7,9H,1-2,8H2,(H2,20,28,29)(H2,22,23,24,25,27). The Kier molecular flexibility index (Phi) is 5.12. The highest BCUT2D eigenvalue weighted by atomic mass is 35.5. The van der Waals surface area contributed by atoms with Gasteiger partial charge in [0.15, 0.2) is 16.6 Å². The Labute approximate surface area is 190 Å². The van der Waals surface area contributed by atoms with Gasteiger partial charge in [-0.2, -0.15) is 5.10 Å². The minimum atomic E-state index is -3.77. The average Bonchev–Trinajstić information content (AvgIpc) is 3.17. The summed E-state index contributed by atoms with van der Waals surface area (Å²) in [6.07, 6.45) is 5.04. The molecule has 0 aliphatic heterocycles. The van der Waals surface area contributed by atoms with Crippen molar-refractivity contribution in [3.05, 3.63) is 35.7 Å². The molecule has 3 aromatic heterocycles. The average molecular weight is 494 g/mol. The topological polar surface area (TPSA) is 158 Å². The largest absolute Gasteiger partial charge is 0.476 e. The van der Waals surface area contributed by atoms with Crippen LogP contribution < -0.4 is 15.2 Å². The molecule has 3 heterocycles. The summed E-state index contributed by atoms with van der Waals surface area (Å²) in [5.41, 5.74) is 1.84. The Morgan fingerprint density at radius 2 is 2.22 bits per heavy atom. The Hall–Kier alpha value is -3.00. The lowest BCUT2D eigenvalue weighted by atomic mass is 10.1. The van der Waals surface area contributed by atoms with Crippen molar-refractivity contribution in [2.45, 2.75) is 12.8 Å². The number of hydrogen-bond acceptors (Lipinski definition) is 8. The fraction of sp³-hybridized carbons (Fsp3) is 0.222. The number of aromatic amines is 1. The van der Waals surface area contributed by atoms with Crippen LogP contribution in [0.2, 0.25) is 5.02 Å². The molecule has 1 fully saturated rings. The molecule has 1 aliphatic rings. The molecule has 5 rings (SSSR count). The van der Waals surface area contributed by atoms with Gasteiger partial charge in [-0.05, 0) is 31.0 Å². The van der Waals surface area contributed by atoms with Gasteiger partial charge in [-0.3, -0.25) is 14.5 Å². The molecule has 0 atom stereocenters. The number of benzene rings is 1. The van der Waals surface area contributed by atoms with Crippen molar-refractivity contribution in [2.75, 3.05) is 11.3 Å². The number of sulfonamides is 1. The molecule has 4 N–H and O–H groups in total. The number of ether oxygens (including phenoxy) is 1. The van der Waals surface area contributed by atoms with Gasteiger partial charge in [0.2, 0.25) is 21.9 Å². The van der Waals surface area contributed by atoms with Crippen LogP contribution in [0.4, 0.5) is 5.13 Å². The van der Waals surface area contributed by atoms with Crippen molar-refractivity contribution < 1.29 is 17.9 Å². The first-order chi connectivity index (χ1) is 15.3. The molecule has 0 radical (unpaired) electrons. The van der Waals surface area contributed by atoms with E-state index in [1.54, 1.807) is 29.2 Å². The summed E-state index contributed by atoms with van der Waals surface area (Å²) in [6.45, 7) is 0. The lowest BCUT2D eigenvalue weighted by Gasteiger charge is -2.10. The Morgan fingerprint density at radius 3 is 2.94 bits per heavy atom. The summed E-state index contributed by atoms with van der Waals surface area (Å²) in [5, 5.41) is 15.8. The maximum atomic E-state index is 12.0. The van der Waals surface area contributed by atoms with Gasteiger partial charge >= 0.3 is 0 Å². The van der Waals surface area contributed by atoms with E-state index in [2.05, 4.69) is 25.5 Å². The number of nitrogens with one attached hydrogen (secondary N) is 2. The second-order valence-electron chi connectivity index (χ2n) is 7.22. The zero-order chi connectivity index (χ0) is 22.5. The summed E-state index contributed by atoms with van der Waals surface area (Å²) in [7, 11) is -3.77. The minimum Gasteiger partial charge on any atom is -0.476 e. The number of nitrogens with two attached hydrogens (primary N) is 1. The first kappa shape index (κ1) is 20.9. The first-order valence-electron chi connectivity index (χ1n) is 9.40. The van der Waals surface area contributed by atoms with Crippen molar-refractivity contribution in [3.63, 3.8) is 0 Å². The fourth-order valence-electron chi connectivity index (χ4n) is 3.08. The summed E-state index contributed by atoms with van der Waals surface area (Å²) in [5.74, 6) is 0.226. The van der Waals surface area contributed by atoms with Crippen molar-refractivity contribution in [1.29, 1.82) is 0 Å². The van der Waals surface area contributed by atoms with E-state index in [0.717, 1.165) is 17.5 Å². The number of H-pyrrole nitrogens is 1. The van der Waals surface area contributed by atoms with Crippen molar-refractivity contribution >= 4 is 54.3 Å². The van der Waals surface area contributed by atoms with E-state index < -0.39 is 16.0 Å². The van der Waals surface area contributed by atoms with Gasteiger partial charge in [0.25, 0.3) is 0 Å². The van der Waals surface area contributed by atoms with E-state index in [1.807, 2.05) is 0 Å². The lowest BCUT2D eigenvalue weighted by molar-refractivity contribution is -0.117. The number of primary sulfonamides is 1. The predicted octanol–water partition coefficient (Wildman–Crippen LogP) is 2.50. The third-order valence-electron chi connectivity index (χ3n) is 4.75. The molecule has 4 aromatic rings. The maximum absolute atomic E-state index is 12.0. The number of carbonyl (C=O) groups is 1. The van der Waals surface area contributed by atoms with Crippen molar-refractivity contribution in [1.82, 2.24) is 24.7 Å². The highest BCUT2D eigenvalue weighted by molar-refractivity contribution is 7.88. The summed E-state index contributed by atoms with van der Waals surface area (Å²) in [6, 6.07) is 4.77. The number of imidazole rings is 1. The maximum Gasteiger partial charge on any atom is 0.244 e. The van der Waals surface area contributed by atoms with Crippen molar-refractivity contribution in [3.8, 4) is 22.8 Å². The number of nitrogens with zero attached hydrogens (tertiary/aromatic N) is 4. The monoisotopic (exact) mass is 493 g/mol. The van der Waals surface area contributed by atoms with Gasteiger partial charge < -0.3 is 10.1 Å². The third-order valence-corrected chi connectivity index (χ3v) is 6.48. The summed E-state index contributed by atoms with van der Waals surface area (Å²) in [4.78, 5) is 20.7. The van der Waals surface area contributed by atoms with Crippen LogP contribution in [0.15, 0.2) is 30.7 Å². The molecule has 166 valence electrons. The fourth-order valence-corrected chi connectivity index (χ4v) is 4.55. The molecule has 0 spiro atoms. The second kappa shape index (κ2) is 7.85. The molecule has 14 heteroatoms. The number of aromatic nitrogens is 5. The Balaban J connectivity index is 1.45. The van der Waals surface area contributed by atoms with Crippen LogP contribution in [0.3, 0.4) is 0 Å². The number of hydrogen-bond donors (Lipinski definition) is 3. The normalized spacial score (nSPS) is 14.1. The minimum absolute atomic E-state index is 0.0178. The Morgan fingerprint density at radius 1 is 1.41 bits per heavy atom. The number of fused-ring (bicyclic) bond motifs is 1. The zero-order valence-electron chi connectivity index (χ0n) is 16.3. The molecule has 1 aliphatic carbocycles. The quantitative estimate of drug-likeness (QED) is 0.356. The highest BCUT2D eigenvalue weighted by Gasteiger charge is 2.30. The van der Waals surface area contributed by atoms with E-state index in [9.17, 15) is 13.2 Å². The molecule has 32 heavy (non-hydrogen) atoms. The molecule has 1 saturated carbocycles. The number of anilines is 1. The summed E-state index contributed by atoms with van der Waals surface area (Å²) >= 11 is 7.75. The molecule has 11 nitrogen and oxygen atoms in total. The van der Waals surface area contributed by atoms with E-state index in [1.165, 1.54) is 17.4 Å². The molecule has 0 unspecified atom stereocenters. The molecular formula is C18H16ClN7O4S2. The van der Waals surface area contributed by atoms with Crippen LogP contribution in [-0.4, -0.2) is 45.0 Å². The number of halogens is 1. The third kappa shape index (κ3) is 4.19. The zero-order valence-corrected chi connectivity index (χ0v) is 18.7. The second-order valence-corrected chi connectivity index (χ2v) is 10.2. The summed E-state index contributed by atoms with van der Waals surface area (Å²) < 4.78 is 29.8. The smallest absolute Gasteiger partial charge is 0.244 e. The lowest BCUT2D eigenvalue weighted by Crippen LogP contribution is -2.20. The van der Waals surface area contributed by atoms with Crippen molar-refractivity contribution in [2.24, 2.45) is 11.1 Å². The van der Waals surface area contributed by atoms with Crippen LogP contribution in [0.5, 0.6) is 5.75 Å². The number of carbonyl (C=O) groups excluding carboxylic acids is 1. The number of thiazole rings is 1. The van der Waals surface area contributed by atoms with Crippen LogP contribution >= 0.6 is 22.9 Å². The Bertz CT molecular complexity index is 1440. The van der Waals surface area contributed by atoms with E-state index >= 15 is 0 Å². The molecule has 0 saturated heterocycles. The van der Waals surface area contributed by atoms with Gasteiger partial charge in [0.1, 0.15) is 16.8 Å². The SMILES string of the molecule is NS(=O)(=O)COc1ccc(-c2cncn2-c2n[nH]c3nc(NC(=O)C4CC4)sc23)c(Cl)c1. The van der Waals surface area contributed by atoms with Gasteiger partial charge in [0.05, 0.1) is 16.9 Å². The van der Waals surface area contributed by atoms with Crippen LogP contribution in [0, 0.1) is 5.92 Å². The number of amides is 1. The first-order valence-corrected chi connectivity index (χ1v) is 12.3. The molecule has 1 amide bonds. The van der Waals surface area contributed by atoms with E-state index in [-0.39, 0.29) is 17.6 Å². The number of rotatable bonds is 7. The van der Waals surface area contributed by atoms with E-state index in [4.69, 9.17) is 21.5 Å². The highest BCUT2D eigenvalue weighted by Crippen LogP contribution is 2.36. The van der Waals surface area contributed by atoms with Crippen LogP contribution in [0.25, 0.3) is 27.4 Å². The van der Waals surface area contributed by atoms with Crippen LogP contribution in [-0.2, 0) is 14.8 Å². The molecule has 1 aromatic carbocycles. The van der Waals surface area contributed by atoms with Gasteiger partial charge in [-0.15, -0.1) is 0 Å². The van der Waals surface area contributed by atoms with Gasteiger partial charge in [0, 0.05) is 11.5 Å².